The lowest BCUT2D eigenvalue weighted by Gasteiger charge is -2.37. The monoisotopic (exact) mass is 324 g/mol. The number of likely N-dealkylation sites (tertiary alicyclic amines) is 2. The van der Waals surface area contributed by atoms with Crippen LogP contribution in [0.4, 0.5) is 0 Å². The van der Waals surface area contributed by atoms with E-state index in [0.29, 0.717) is 39.1 Å². The van der Waals surface area contributed by atoms with Crippen molar-refractivity contribution in [2.75, 3.05) is 26.2 Å². The fourth-order valence-electron chi connectivity index (χ4n) is 3.53. The van der Waals surface area contributed by atoms with Crippen molar-refractivity contribution in [1.82, 2.24) is 9.80 Å². The SMILES string of the molecule is CCOC(=O)C1CCN(C(=O)C(=O)N2CCCCC2CC)CC1. The van der Waals surface area contributed by atoms with Gasteiger partial charge in [0.1, 0.15) is 0 Å². The highest BCUT2D eigenvalue weighted by molar-refractivity contribution is 6.35. The summed E-state index contributed by atoms with van der Waals surface area (Å²) in [5, 5.41) is 0. The van der Waals surface area contributed by atoms with E-state index in [1.165, 1.54) is 0 Å². The van der Waals surface area contributed by atoms with Crippen LogP contribution in [0.3, 0.4) is 0 Å². The lowest BCUT2D eigenvalue weighted by atomic mass is 9.96. The topological polar surface area (TPSA) is 66.9 Å². The average molecular weight is 324 g/mol. The number of carbonyl (C=O) groups is 3. The molecule has 2 heterocycles. The van der Waals surface area contributed by atoms with Crippen molar-refractivity contribution in [1.29, 1.82) is 0 Å². The van der Waals surface area contributed by atoms with Crippen molar-refractivity contribution in [2.24, 2.45) is 5.92 Å². The van der Waals surface area contributed by atoms with Crippen molar-refractivity contribution < 1.29 is 19.1 Å². The van der Waals surface area contributed by atoms with Crippen molar-refractivity contribution >= 4 is 17.8 Å². The fourth-order valence-corrected chi connectivity index (χ4v) is 3.53. The molecule has 0 aromatic heterocycles. The molecule has 0 saturated carbocycles. The van der Waals surface area contributed by atoms with Crippen molar-refractivity contribution in [3.05, 3.63) is 0 Å². The van der Waals surface area contributed by atoms with E-state index in [0.717, 1.165) is 25.7 Å². The zero-order chi connectivity index (χ0) is 16.8. The lowest BCUT2D eigenvalue weighted by Crippen LogP contribution is -2.52. The van der Waals surface area contributed by atoms with Gasteiger partial charge in [-0.2, -0.15) is 0 Å². The predicted molar refractivity (Wildman–Crippen MR) is 85.6 cm³/mol. The highest BCUT2D eigenvalue weighted by atomic mass is 16.5. The number of carbonyl (C=O) groups excluding carboxylic acids is 3. The maximum Gasteiger partial charge on any atom is 0.312 e. The predicted octanol–water partition coefficient (Wildman–Crippen LogP) is 1.58. The summed E-state index contributed by atoms with van der Waals surface area (Å²) in [7, 11) is 0. The molecule has 130 valence electrons. The van der Waals surface area contributed by atoms with E-state index in [1.54, 1.807) is 16.7 Å². The van der Waals surface area contributed by atoms with Gasteiger partial charge < -0.3 is 14.5 Å². The Balaban J connectivity index is 1.88. The molecule has 2 rings (SSSR count). The molecule has 23 heavy (non-hydrogen) atoms. The first kappa shape index (κ1) is 17.8. The minimum atomic E-state index is -0.410. The van der Waals surface area contributed by atoms with Crippen LogP contribution in [0.15, 0.2) is 0 Å². The average Bonchev–Trinajstić information content (AvgIpc) is 2.60. The standard InChI is InChI=1S/C17H28N2O4/c1-3-14-7-5-6-10-19(14)16(21)15(20)18-11-8-13(9-12-18)17(22)23-4-2/h13-14H,3-12H2,1-2H3. The molecular formula is C17H28N2O4. The Morgan fingerprint density at radius 3 is 2.26 bits per heavy atom. The maximum absolute atomic E-state index is 12.5. The molecule has 0 radical (unpaired) electrons. The number of piperidine rings is 2. The van der Waals surface area contributed by atoms with Gasteiger partial charge in [0.2, 0.25) is 0 Å². The smallest absolute Gasteiger partial charge is 0.312 e. The highest BCUT2D eigenvalue weighted by Gasteiger charge is 2.35. The van der Waals surface area contributed by atoms with Gasteiger partial charge in [-0.25, -0.2) is 0 Å². The number of hydrogen-bond donors (Lipinski definition) is 0. The van der Waals surface area contributed by atoms with Gasteiger partial charge in [0.25, 0.3) is 0 Å². The molecule has 2 amide bonds. The summed E-state index contributed by atoms with van der Waals surface area (Å²) in [5.41, 5.74) is 0. The Morgan fingerprint density at radius 2 is 1.65 bits per heavy atom. The van der Waals surface area contributed by atoms with E-state index in [9.17, 15) is 14.4 Å². The molecule has 1 unspecified atom stereocenters. The number of rotatable bonds is 3. The van der Waals surface area contributed by atoms with E-state index in [4.69, 9.17) is 4.74 Å². The molecule has 6 heteroatoms. The summed E-state index contributed by atoms with van der Waals surface area (Å²) in [6, 6.07) is 0.192. The van der Waals surface area contributed by atoms with Crippen LogP contribution in [0.5, 0.6) is 0 Å². The van der Waals surface area contributed by atoms with E-state index < -0.39 is 5.91 Å². The van der Waals surface area contributed by atoms with Crippen LogP contribution in [0.2, 0.25) is 0 Å². The van der Waals surface area contributed by atoms with Crippen LogP contribution >= 0.6 is 0 Å². The lowest BCUT2D eigenvalue weighted by molar-refractivity contribution is -0.157. The largest absolute Gasteiger partial charge is 0.466 e. The van der Waals surface area contributed by atoms with Crippen LogP contribution < -0.4 is 0 Å². The van der Waals surface area contributed by atoms with Crippen molar-refractivity contribution in [3.8, 4) is 0 Å². The maximum atomic E-state index is 12.5. The van der Waals surface area contributed by atoms with Gasteiger partial charge in [-0.15, -0.1) is 0 Å². The fraction of sp³-hybridized carbons (Fsp3) is 0.824. The molecule has 6 nitrogen and oxygen atoms in total. The Morgan fingerprint density at radius 1 is 0.957 bits per heavy atom. The van der Waals surface area contributed by atoms with Gasteiger partial charge in [-0.05, 0) is 45.4 Å². The number of ether oxygens (including phenoxy) is 1. The number of hydrogen-bond acceptors (Lipinski definition) is 4. The summed E-state index contributed by atoms with van der Waals surface area (Å²) in [6.07, 6.45) is 5.14. The van der Waals surface area contributed by atoms with Crippen molar-refractivity contribution in [2.45, 2.75) is 58.4 Å². The van der Waals surface area contributed by atoms with Crippen LogP contribution in [0.1, 0.15) is 52.4 Å². The van der Waals surface area contributed by atoms with E-state index >= 15 is 0 Å². The van der Waals surface area contributed by atoms with Crippen LogP contribution in [0.25, 0.3) is 0 Å². The Labute approximate surface area is 138 Å². The summed E-state index contributed by atoms with van der Waals surface area (Å²) >= 11 is 0. The molecule has 2 aliphatic rings. The first-order chi connectivity index (χ1) is 11.1. The minimum Gasteiger partial charge on any atom is -0.466 e. The highest BCUT2D eigenvalue weighted by Crippen LogP contribution is 2.22. The van der Waals surface area contributed by atoms with E-state index in [-0.39, 0.29) is 23.8 Å². The molecule has 2 fully saturated rings. The Bertz CT molecular complexity index is 444. The second kappa shape index (κ2) is 8.31. The molecule has 0 aromatic rings. The summed E-state index contributed by atoms with van der Waals surface area (Å²) in [4.78, 5) is 40.1. The second-order valence-electron chi connectivity index (χ2n) is 6.37. The zero-order valence-corrected chi connectivity index (χ0v) is 14.3. The van der Waals surface area contributed by atoms with Gasteiger partial charge >= 0.3 is 17.8 Å². The zero-order valence-electron chi connectivity index (χ0n) is 14.3. The van der Waals surface area contributed by atoms with Crippen LogP contribution in [0, 0.1) is 5.92 Å². The van der Waals surface area contributed by atoms with Crippen LogP contribution in [-0.4, -0.2) is 59.9 Å². The quantitative estimate of drug-likeness (QED) is 0.584. The third-order valence-corrected chi connectivity index (χ3v) is 4.94. The normalized spacial score (nSPS) is 22.8. The molecule has 2 saturated heterocycles. The molecule has 1 atom stereocenters. The third kappa shape index (κ3) is 4.24. The molecule has 0 aromatic carbocycles. The van der Waals surface area contributed by atoms with Gasteiger partial charge in [0, 0.05) is 25.7 Å². The number of amides is 2. The summed E-state index contributed by atoms with van der Waals surface area (Å²) in [5.74, 6) is -1.11. The minimum absolute atomic E-state index is 0.146. The summed E-state index contributed by atoms with van der Waals surface area (Å²) < 4.78 is 5.03. The second-order valence-corrected chi connectivity index (χ2v) is 6.37. The first-order valence-electron chi connectivity index (χ1n) is 8.85. The first-order valence-corrected chi connectivity index (χ1v) is 8.85. The van der Waals surface area contributed by atoms with Crippen molar-refractivity contribution in [3.63, 3.8) is 0 Å². The molecule has 0 spiro atoms. The number of nitrogens with zero attached hydrogens (tertiary/aromatic N) is 2. The Hall–Kier alpha value is -1.59. The summed E-state index contributed by atoms with van der Waals surface area (Å²) in [6.45, 7) is 5.83. The Kier molecular flexibility index (Phi) is 6.42. The van der Waals surface area contributed by atoms with Gasteiger partial charge in [-0.3, -0.25) is 14.4 Å². The molecule has 0 N–H and O–H groups in total. The molecular weight excluding hydrogens is 296 g/mol. The molecule has 0 aliphatic carbocycles. The van der Waals surface area contributed by atoms with Crippen LogP contribution in [-0.2, 0) is 19.1 Å². The van der Waals surface area contributed by atoms with E-state index in [1.807, 2.05) is 0 Å². The number of esters is 1. The molecule has 0 bridgehead atoms. The third-order valence-electron chi connectivity index (χ3n) is 4.94. The van der Waals surface area contributed by atoms with Gasteiger partial charge in [0.05, 0.1) is 12.5 Å². The van der Waals surface area contributed by atoms with E-state index in [2.05, 4.69) is 6.92 Å². The van der Waals surface area contributed by atoms with Gasteiger partial charge in [-0.1, -0.05) is 6.92 Å². The molecule has 2 aliphatic heterocycles. The van der Waals surface area contributed by atoms with Gasteiger partial charge in [0.15, 0.2) is 0 Å².